The molecule has 0 spiro atoms. The standard InChI is InChI=1S/C40H46O14/c1-50-31-6-5-20(7-29(31)44)14-40(49)19-54-38(28(40)17-42)22-9-26(37(47)34(11-22)53-4)25-8-21(10-33(52-3)36(25)46)35-24-13-30(45)32(51-2)12-23(24)15-39(48,18-43)27(35)16-41/h5-13,27-28,35,38,41-49H,14-19H2,1-4H3. The Morgan fingerprint density at radius 2 is 1.22 bits per heavy atom. The number of aliphatic hydroxyl groups excluding tert-OH is 3. The van der Waals surface area contributed by atoms with E-state index in [0.29, 0.717) is 27.8 Å². The summed E-state index contributed by atoms with van der Waals surface area (Å²) < 4.78 is 27.7. The zero-order valence-corrected chi connectivity index (χ0v) is 30.3. The third kappa shape index (κ3) is 6.59. The van der Waals surface area contributed by atoms with E-state index in [0.717, 1.165) is 0 Å². The first kappa shape index (κ1) is 38.8. The Kier molecular flexibility index (Phi) is 10.8. The molecule has 2 aliphatic rings. The van der Waals surface area contributed by atoms with Crippen LogP contribution in [0.25, 0.3) is 11.1 Å². The molecule has 0 bridgehead atoms. The molecule has 6 unspecified atom stereocenters. The molecular weight excluding hydrogens is 704 g/mol. The second kappa shape index (κ2) is 15.1. The number of aliphatic hydroxyl groups is 5. The van der Waals surface area contributed by atoms with E-state index in [-0.39, 0.29) is 76.6 Å². The van der Waals surface area contributed by atoms with Gasteiger partial charge in [-0.2, -0.15) is 0 Å². The second-order valence-corrected chi connectivity index (χ2v) is 14.0. The number of hydrogen-bond donors (Lipinski definition) is 9. The first-order valence-electron chi connectivity index (χ1n) is 17.3. The molecule has 290 valence electrons. The number of benzene rings is 4. The Labute approximate surface area is 311 Å². The number of phenols is 4. The Bertz CT molecular complexity index is 2020. The summed E-state index contributed by atoms with van der Waals surface area (Å²) in [4.78, 5) is 0. The summed E-state index contributed by atoms with van der Waals surface area (Å²) in [5.41, 5.74) is -0.852. The smallest absolute Gasteiger partial charge is 0.165 e. The SMILES string of the molecule is COc1ccc(CC2(O)COC(c3cc(OC)c(O)c(-c4cc(C5c6cc(O)c(OC)cc6CC(O)(CO)C5CO)cc(OC)c4O)c3)C2CO)cc1O. The number of methoxy groups -OCH3 is 4. The third-order valence-electron chi connectivity index (χ3n) is 11.0. The van der Waals surface area contributed by atoms with Gasteiger partial charge in [-0.15, -0.1) is 0 Å². The predicted molar refractivity (Wildman–Crippen MR) is 194 cm³/mol. The summed E-state index contributed by atoms with van der Waals surface area (Å²) in [7, 11) is 5.48. The van der Waals surface area contributed by atoms with E-state index in [4.69, 9.17) is 23.7 Å². The van der Waals surface area contributed by atoms with E-state index >= 15 is 0 Å². The van der Waals surface area contributed by atoms with Gasteiger partial charge in [-0.1, -0.05) is 6.07 Å². The Morgan fingerprint density at radius 1 is 0.648 bits per heavy atom. The van der Waals surface area contributed by atoms with Gasteiger partial charge in [-0.05, 0) is 76.3 Å². The zero-order chi connectivity index (χ0) is 39.1. The van der Waals surface area contributed by atoms with Crippen LogP contribution < -0.4 is 18.9 Å². The number of aromatic hydroxyl groups is 4. The lowest BCUT2D eigenvalue weighted by Crippen LogP contribution is -2.51. The highest BCUT2D eigenvalue weighted by molar-refractivity contribution is 5.81. The normalized spacial score (nSPS) is 24.9. The van der Waals surface area contributed by atoms with Crippen LogP contribution in [0.3, 0.4) is 0 Å². The van der Waals surface area contributed by atoms with Crippen molar-refractivity contribution in [2.45, 2.75) is 36.1 Å². The van der Waals surface area contributed by atoms with Crippen molar-refractivity contribution < 1.29 is 69.6 Å². The summed E-state index contributed by atoms with van der Waals surface area (Å²) in [5, 5.41) is 99.5. The molecule has 6 rings (SSSR count). The van der Waals surface area contributed by atoms with Gasteiger partial charge in [0.1, 0.15) is 0 Å². The van der Waals surface area contributed by atoms with Gasteiger partial charge in [0, 0.05) is 48.3 Å². The highest BCUT2D eigenvalue weighted by Gasteiger charge is 2.50. The van der Waals surface area contributed by atoms with Crippen molar-refractivity contribution in [2.24, 2.45) is 11.8 Å². The van der Waals surface area contributed by atoms with E-state index in [1.165, 1.54) is 58.8 Å². The van der Waals surface area contributed by atoms with Gasteiger partial charge < -0.3 is 69.6 Å². The average molecular weight is 751 g/mol. The number of fused-ring (bicyclic) bond motifs is 1. The van der Waals surface area contributed by atoms with Crippen LogP contribution in [0.5, 0.6) is 46.0 Å². The number of rotatable bonds is 12. The van der Waals surface area contributed by atoms with Gasteiger partial charge in [-0.3, -0.25) is 0 Å². The molecule has 6 atom stereocenters. The lowest BCUT2D eigenvalue weighted by Gasteiger charge is -2.44. The molecule has 9 N–H and O–H groups in total. The monoisotopic (exact) mass is 750 g/mol. The van der Waals surface area contributed by atoms with Crippen molar-refractivity contribution >= 4 is 0 Å². The number of hydrogen-bond acceptors (Lipinski definition) is 14. The van der Waals surface area contributed by atoms with Crippen molar-refractivity contribution in [2.75, 3.05) is 54.9 Å². The minimum absolute atomic E-state index is 0.00926. The highest BCUT2D eigenvalue weighted by Crippen LogP contribution is 2.53. The van der Waals surface area contributed by atoms with Crippen molar-refractivity contribution in [3.05, 3.63) is 82.4 Å². The minimum Gasteiger partial charge on any atom is -0.504 e. The van der Waals surface area contributed by atoms with Crippen molar-refractivity contribution in [1.82, 2.24) is 0 Å². The van der Waals surface area contributed by atoms with Crippen LogP contribution in [-0.2, 0) is 17.6 Å². The molecular formula is C40H46O14. The van der Waals surface area contributed by atoms with Crippen LogP contribution in [0, 0.1) is 11.8 Å². The van der Waals surface area contributed by atoms with Crippen LogP contribution in [0.1, 0.15) is 39.8 Å². The van der Waals surface area contributed by atoms with Crippen LogP contribution in [0.15, 0.2) is 54.6 Å². The largest absolute Gasteiger partial charge is 0.504 e. The van der Waals surface area contributed by atoms with Gasteiger partial charge in [-0.25, -0.2) is 0 Å². The molecule has 1 saturated heterocycles. The maximum Gasteiger partial charge on any atom is 0.165 e. The van der Waals surface area contributed by atoms with E-state index in [1.54, 1.807) is 24.3 Å². The van der Waals surface area contributed by atoms with Crippen molar-refractivity contribution in [3.63, 3.8) is 0 Å². The maximum atomic E-state index is 11.8. The molecule has 1 aliphatic carbocycles. The van der Waals surface area contributed by atoms with E-state index in [9.17, 15) is 46.0 Å². The molecule has 0 amide bonds. The molecule has 4 aromatic carbocycles. The van der Waals surface area contributed by atoms with E-state index in [2.05, 4.69) is 0 Å². The first-order chi connectivity index (χ1) is 25.8. The predicted octanol–water partition coefficient (Wildman–Crippen LogP) is 2.88. The fraction of sp³-hybridized carbons (Fsp3) is 0.400. The summed E-state index contributed by atoms with van der Waals surface area (Å²) in [6.45, 7) is -1.94. The number of ether oxygens (including phenoxy) is 5. The fourth-order valence-corrected chi connectivity index (χ4v) is 8.12. The Balaban J connectivity index is 1.48. The average Bonchev–Trinajstić information content (AvgIpc) is 3.49. The van der Waals surface area contributed by atoms with Crippen molar-refractivity contribution in [3.8, 4) is 57.1 Å². The lowest BCUT2D eigenvalue weighted by molar-refractivity contribution is -0.0875. The third-order valence-corrected chi connectivity index (χ3v) is 11.0. The Hall–Kier alpha value is -4.96. The minimum atomic E-state index is -1.80. The molecule has 0 radical (unpaired) electrons. The molecule has 0 aromatic heterocycles. The first-order valence-corrected chi connectivity index (χ1v) is 17.3. The van der Waals surface area contributed by atoms with Gasteiger partial charge in [0.25, 0.3) is 0 Å². The maximum absolute atomic E-state index is 11.8. The van der Waals surface area contributed by atoms with Crippen molar-refractivity contribution in [1.29, 1.82) is 0 Å². The molecule has 1 heterocycles. The molecule has 14 nitrogen and oxygen atoms in total. The van der Waals surface area contributed by atoms with E-state index < -0.39 is 54.9 Å². The zero-order valence-electron chi connectivity index (χ0n) is 30.3. The summed E-state index contributed by atoms with van der Waals surface area (Å²) in [6, 6.07) is 13.9. The second-order valence-electron chi connectivity index (χ2n) is 14.0. The summed E-state index contributed by atoms with van der Waals surface area (Å²) in [6.07, 6.45) is -0.960. The molecule has 54 heavy (non-hydrogen) atoms. The van der Waals surface area contributed by atoms with Crippen LogP contribution >= 0.6 is 0 Å². The molecule has 1 aliphatic heterocycles. The molecule has 4 aromatic rings. The summed E-state index contributed by atoms with van der Waals surface area (Å²) in [5.74, 6) is -3.42. The van der Waals surface area contributed by atoms with Gasteiger partial charge in [0.15, 0.2) is 46.0 Å². The quantitative estimate of drug-likeness (QED) is 0.102. The highest BCUT2D eigenvalue weighted by atomic mass is 16.5. The lowest BCUT2D eigenvalue weighted by atomic mass is 9.64. The fourth-order valence-electron chi connectivity index (χ4n) is 8.12. The molecule has 1 fully saturated rings. The molecule has 0 saturated carbocycles. The summed E-state index contributed by atoms with van der Waals surface area (Å²) >= 11 is 0. The van der Waals surface area contributed by atoms with Crippen LogP contribution in [-0.4, -0.2) is 112 Å². The van der Waals surface area contributed by atoms with E-state index in [1.807, 2.05) is 0 Å². The van der Waals surface area contributed by atoms with Gasteiger partial charge >= 0.3 is 0 Å². The topological polar surface area (TPSA) is 228 Å². The van der Waals surface area contributed by atoms with Crippen LogP contribution in [0.2, 0.25) is 0 Å². The number of phenolic OH excluding ortho intramolecular Hbond substituents is 4. The van der Waals surface area contributed by atoms with Gasteiger partial charge in [0.2, 0.25) is 0 Å². The molecule has 14 heteroatoms. The van der Waals surface area contributed by atoms with Gasteiger partial charge in [0.05, 0.1) is 65.6 Å². The van der Waals surface area contributed by atoms with Crippen LogP contribution in [0.4, 0.5) is 0 Å². The Morgan fingerprint density at radius 3 is 1.78 bits per heavy atom.